The van der Waals surface area contributed by atoms with Crippen molar-refractivity contribution in [2.45, 2.75) is 19.5 Å². The molecule has 1 saturated heterocycles. The maximum absolute atomic E-state index is 13.0. The monoisotopic (exact) mass is 451 g/mol. The molecule has 0 bridgehead atoms. The molecule has 0 atom stereocenters. The van der Waals surface area contributed by atoms with E-state index in [1.807, 2.05) is 33.9 Å². The number of rotatable bonds is 7. The van der Waals surface area contributed by atoms with Crippen LogP contribution in [0.15, 0.2) is 67.3 Å². The molecule has 1 aromatic heterocycles. The van der Waals surface area contributed by atoms with Crippen LogP contribution in [-0.4, -0.2) is 57.3 Å². The van der Waals surface area contributed by atoms with Crippen LogP contribution in [0.2, 0.25) is 5.02 Å². The highest BCUT2D eigenvalue weighted by Crippen LogP contribution is 2.17. The summed E-state index contributed by atoms with van der Waals surface area (Å²) in [7, 11) is 0. The fourth-order valence-corrected chi connectivity index (χ4v) is 4.00. The third-order valence-electron chi connectivity index (χ3n) is 5.50. The minimum Gasteiger partial charge on any atom is -0.337 e. The van der Waals surface area contributed by atoms with E-state index < -0.39 is 0 Å². The number of hydrogen-bond acceptors (Lipinski definition) is 4. The molecule has 0 saturated carbocycles. The number of aromatic nitrogens is 2. The first-order valence-electron chi connectivity index (χ1n) is 10.7. The summed E-state index contributed by atoms with van der Waals surface area (Å²) in [5.41, 5.74) is 2.39. The lowest BCUT2D eigenvalue weighted by Gasteiger charge is -2.34. The Labute approximate surface area is 192 Å². The topological polar surface area (TPSA) is 70.5 Å². The summed E-state index contributed by atoms with van der Waals surface area (Å²) in [4.78, 5) is 33.4. The molecule has 8 heteroatoms. The summed E-state index contributed by atoms with van der Waals surface area (Å²) in [6.07, 6.45) is 5.52. The molecule has 1 aliphatic heterocycles. The van der Waals surface area contributed by atoms with Gasteiger partial charge in [-0.2, -0.15) is 0 Å². The van der Waals surface area contributed by atoms with Crippen LogP contribution in [0.1, 0.15) is 22.3 Å². The molecule has 2 heterocycles. The Morgan fingerprint density at radius 2 is 1.84 bits per heavy atom. The number of anilines is 1. The summed E-state index contributed by atoms with van der Waals surface area (Å²) in [6, 6.07) is 15.0. The van der Waals surface area contributed by atoms with Gasteiger partial charge in [0.2, 0.25) is 5.91 Å². The Hall–Kier alpha value is -3.16. The molecule has 1 fully saturated rings. The van der Waals surface area contributed by atoms with Crippen molar-refractivity contribution in [3.05, 3.63) is 83.4 Å². The normalized spacial score (nSPS) is 14.3. The van der Waals surface area contributed by atoms with E-state index in [9.17, 15) is 9.59 Å². The number of benzene rings is 2. The maximum Gasteiger partial charge on any atom is 0.254 e. The number of nitrogens with zero attached hydrogens (tertiary/aromatic N) is 4. The van der Waals surface area contributed by atoms with Crippen molar-refractivity contribution in [1.82, 2.24) is 19.4 Å². The molecule has 32 heavy (non-hydrogen) atoms. The van der Waals surface area contributed by atoms with Gasteiger partial charge in [0.25, 0.3) is 5.91 Å². The zero-order chi connectivity index (χ0) is 22.3. The molecule has 166 valence electrons. The van der Waals surface area contributed by atoms with E-state index in [0.717, 1.165) is 24.7 Å². The van der Waals surface area contributed by atoms with Crippen molar-refractivity contribution in [1.29, 1.82) is 0 Å². The molecule has 0 radical (unpaired) electrons. The summed E-state index contributed by atoms with van der Waals surface area (Å²) < 4.78 is 1.85. The number of piperazine rings is 1. The van der Waals surface area contributed by atoms with Crippen molar-refractivity contribution in [3.8, 4) is 0 Å². The molecule has 2 amide bonds. The average Bonchev–Trinajstić information content (AvgIpc) is 3.32. The quantitative estimate of drug-likeness (QED) is 0.596. The second-order valence-electron chi connectivity index (χ2n) is 7.88. The minimum absolute atomic E-state index is 0.0121. The van der Waals surface area contributed by atoms with Gasteiger partial charge in [-0.1, -0.05) is 29.8 Å². The first kappa shape index (κ1) is 22.0. The summed E-state index contributed by atoms with van der Waals surface area (Å²) in [5, 5.41) is 3.62. The molecule has 3 aromatic rings. The van der Waals surface area contributed by atoms with Crippen LogP contribution >= 0.6 is 11.6 Å². The average molecular weight is 452 g/mol. The highest BCUT2D eigenvalue weighted by molar-refractivity contribution is 6.30. The van der Waals surface area contributed by atoms with Crippen molar-refractivity contribution in [2.75, 3.05) is 31.5 Å². The third-order valence-corrected chi connectivity index (χ3v) is 5.74. The Morgan fingerprint density at radius 3 is 2.59 bits per heavy atom. The highest BCUT2D eigenvalue weighted by Gasteiger charge is 2.22. The molecular weight excluding hydrogens is 426 g/mol. The molecule has 2 aromatic carbocycles. The van der Waals surface area contributed by atoms with E-state index in [2.05, 4.69) is 21.3 Å². The fraction of sp³-hybridized carbons (Fsp3) is 0.292. The van der Waals surface area contributed by atoms with Gasteiger partial charge in [-0.15, -0.1) is 0 Å². The van der Waals surface area contributed by atoms with Gasteiger partial charge in [-0.25, -0.2) is 4.98 Å². The highest BCUT2D eigenvalue weighted by atomic mass is 35.5. The van der Waals surface area contributed by atoms with Crippen LogP contribution in [0.5, 0.6) is 0 Å². The Morgan fingerprint density at radius 1 is 1.03 bits per heavy atom. The van der Waals surface area contributed by atoms with Crippen molar-refractivity contribution in [3.63, 3.8) is 0 Å². The third kappa shape index (κ3) is 5.96. The van der Waals surface area contributed by atoms with Gasteiger partial charge in [-0.3, -0.25) is 14.5 Å². The Bertz CT molecular complexity index is 1060. The lowest BCUT2D eigenvalue weighted by atomic mass is 10.1. The van der Waals surface area contributed by atoms with Gasteiger partial charge < -0.3 is 14.8 Å². The number of carbonyl (C=O) groups excluding carboxylic acids is 2. The van der Waals surface area contributed by atoms with E-state index in [-0.39, 0.29) is 11.8 Å². The smallest absolute Gasteiger partial charge is 0.254 e. The van der Waals surface area contributed by atoms with Gasteiger partial charge in [0.15, 0.2) is 0 Å². The molecule has 0 spiro atoms. The van der Waals surface area contributed by atoms with E-state index in [1.54, 1.807) is 36.8 Å². The lowest BCUT2D eigenvalue weighted by Crippen LogP contribution is -2.48. The number of carbonyl (C=O) groups is 2. The minimum atomic E-state index is -0.0991. The largest absolute Gasteiger partial charge is 0.337 e. The van der Waals surface area contributed by atoms with E-state index >= 15 is 0 Å². The van der Waals surface area contributed by atoms with Gasteiger partial charge in [0.05, 0.1) is 6.33 Å². The van der Waals surface area contributed by atoms with Gasteiger partial charge in [0, 0.05) is 74.4 Å². The van der Waals surface area contributed by atoms with Gasteiger partial charge >= 0.3 is 0 Å². The second-order valence-corrected chi connectivity index (χ2v) is 8.31. The number of hydrogen-bond donors (Lipinski definition) is 1. The van der Waals surface area contributed by atoms with Crippen LogP contribution < -0.4 is 5.32 Å². The zero-order valence-corrected chi connectivity index (χ0v) is 18.5. The van der Waals surface area contributed by atoms with Crippen LogP contribution in [0.25, 0.3) is 0 Å². The van der Waals surface area contributed by atoms with Crippen LogP contribution in [0, 0.1) is 0 Å². The van der Waals surface area contributed by atoms with E-state index in [0.29, 0.717) is 37.3 Å². The summed E-state index contributed by atoms with van der Waals surface area (Å²) in [6.45, 7) is 4.33. The van der Waals surface area contributed by atoms with Crippen molar-refractivity contribution >= 4 is 29.1 Å². The first-order valence-corrected chi connectivity index (χ1v) is 11.1. The first-order chi connectivity index (χ1) is 15.6. The number of imidazole rings is 1. The lowest BCUT2D eigenvalue weighted by molar-refractivity contribution is -0.116. The van der Waals surface area contributed by atoms with Gasteiger partial charge in [-0.05, 0) is 35.9 Å². The fourth-order valence-electron chi connectivity index (χ4n) is 3.79. The standard InChI is InChI=1S/C24H26ClN5O2/c25-21-5-1-3-19(15-21)17-28-11-13-30(14-12-28)24(32)20-4-2-6-22(16-20)27-23(31)7-9-29-10-8-26-18-29/h1-6,8,10,15-16,18H,7,9,11-14,17H2,(H,27,31). The Balaban J connectivity index is 1.28. The van der Waals surface area contributed by atoms with E-state index in [1.165, 1.54) is 5.56 Å². The second kappa shape index (κ2) is 10.4. The van der Waals surface area contributed by atoms with Crippen LogP contribution in [0.3, 0.4) is 0 Å². The number of amides is 2. The summed E-state index contributed by atoms with van der Waals surface area (Å²) >= 11 is 6.08. The number of nitrogens with one attached hydrogen (secondary N) is 1. The molecule has 0 aliphatic carbocycles. The van der Waals surface area contributed by atoms with Crippen molar-refractivity contribution in [2.24, 2.45) is 0 Å². The SMILES string of the molecule is O=C(CCn1ccnc1)Nc1cccc(C(=O)N2CCN(Cc3cccc(Cl)c3)CC2)c1. The Kier molecular flexibility index (Phi) is 7.19. The van der Waals surface area contributed by atoms with Gasteiger partial charge in [0.1, 0.15) is 0 Å². The van der Waals surface area contributed by atoms with Crippen LogP contribution in [-0.2, 0) is 17.9 Å². The molecule has 4 rings (SSSR count). The van der Waals surface area contributed by atoms with E-state index in [4.69, 9.17) is 11.6 Å². The zero-order valence-electron chi connectivity index (χ0n) is 17.8. The number of aryl methyl sites for hydroxylation is 1. The summed E-state index contributed by atoms with van der Waals surface area (Å²) in [5.74, 6) is -0.111. The predicted octanol–water partition coefficient (Wildman–Crippen LogP) is 3.52. The molecule has 7 nitrogen and oxygen atoms in total. The molecule has 0 unspecified atom stereocenters. The predicted molar refractivity (Wildman–Crippen MR) is 125 cm³/mol. The number of halogens is 1. The molecule has 1 N–H and O–H groups in total. The maximum atomic E-state index is 13.0. The molecule has 1 aliphatic rings. The molecular formula is C24H26ClN5O2. The van der Waals surface area contributed by atoms with Crippen molar-refractivity contribution < 1.29 is 9.59 Å². The van der Waals surface area contributed by atoms with Crippen LogP contribution in [0.4, 0.5) is 5.69 Å².